The number of rotatable bonds is 0. The Labute approximate surface area is 191 Å². The molecule has 0 heterocycles. The van der Waals surface area contributed by atoms with E-state index in [0.717, 1.165) is 43.3 Å². The summed E-state index contributed by atoms with van der Waals surface area (Å²) in [4.78, 5) is 25.3. The summed E-state index contributed by atoms with van der Waals surface area (Å²) in [5.74, 6) is -0.282. The summed E-state index contributed by atoms with van der Waals surface area (Å²) >= 11 is 0. The number of ketones is 2. The van der Waals surface area contributed by atoms with Crippen molar-refractivity contribution in [1.29, 1.82) is 0 Å². The van der Waals surface area contributed by atoms with E-state index in [-0.39, 0.29) is 50.8 Å². The van der Waals surface area contributed by atoms with Crippen molar-refractivity contribution < 1.29 is 19.8 Å². The second kappa shape index (κ2) is 6.34. The van der Waals surface area contributed by atoms with Crippen LogP contribution in [0.1, 0.15) is 73.6 Å². The van der Waals surface area contributed by atoms with Crippen molar-refractivity contribution in [1.82, 2.24) is 0 Å². The van der Waals surface area contributed by atoms with Crippen LogP contribution in [-0.2, 0) is 9.59 Å². The molecule has 4 heteroatoms. The summed E-state index contributed by atoms with van der Waals surface area (Å²) in [5, 5.41) is 21.3. The number of aliphatic hydroxyl groups is 2. The van der Waals surface area contributed by atoms with E-state index in [2.05, 4.69) is 39.8 Å². The van der Waals surface area contributed by atoms with E-state index in [4.69, 9.17) is 0 Å². The molecule has 5 aliphatic rings. The minimum absolute atomic E-state index is 0.00833. The van der Waals surface area contributed by atoms with Gasteiger partial charge in [-0.3, -0.25) is 9.59 Å². The molecule has 5 aliphatic carbocycles. The summed E-state index contributed by atoms with van der Waals surface area (Å²) < 4.78 is 0. The number of carbonyl (C=O) groups is 2. The normalized spacial score (nSPS) is 48.1. The van der Waals surface area contributed by atoms with Gasteiger partial charge in [0.15, 0.2) is 11.5 Å². The molecule has 0 radical (unpaired) electrons. The Morgan fingerprint density at radius 1 is 1.00 bits per heavy atom. The first-order valence-corrected chi connectivity index (χ1v) is 12.1. The van der Waals surface area contributed by atoms with Gasteiger partial charge in [-0.05, 0) is 73.0 Å². The van der Waals surface area contributed by atoms with Crippen molar-refractivity contribution in [2.24, 2.45) is 33.5 Å². The highest BCUT2D eigenvalue weighted by atomic mass is 16.3. The number of carbonyl (C=O) groups excluding carboxylic acids is 2. The topological polar surface area (TPSA) is 74.6 Å². The predicted molar refractivity (Wildman–Crippen MR) is 124 cm³/mol. The minimum atomic E-state index is -0.882. The lowest BCUT2D eigenvalue weighted by Crippen LogP contribution is -2.65. The summed E-state index contributed by atoms with van der Waals surface area (Å²) in [6.45, 7) is 13.0. The average molecular weight is 437 g/mol. The highest BCUT2D eigenvalue weighted by Crippen LogP contribution is 2.74. The van der Waals surface area contributed by atoms with Gasteiger partial charge in [0, 0.05) is 22.3 Å². The Morgan fingerprint density at radius 3 is 2.38 bits per heavy atom. The number of hydrogen-bond acceptors (Lipinski definition) is 4. The number of fused-ring (bicyclic) bond motifs is 7. The van der Waals surface area contributed by atoms with E-state index in [9.17, 15) is 19.8 Å². The van der Waals surface area contributed by atoms with Crippen LogP contribution in [0.3, 0.4) is 0 Å². The lowest BCUT2D eigenvalue weighted by atomic mass is 9.35. The first kappa shape index (κ1) is 21.9. The van der Waals surface area contributed by atoms with E-state index in [0.29, 0.717) is 5.57 Å². The number of Topliss-reactive ketones (excluding diaryl/α,β-unsaturated/α-hetero) is 1. The fourth-order valence-corrected chi connectivity index (χ4v) is 8.44. The average Bonchev–Trinajstić information content (AvgIpc) is 2.75. The maximum Gasteiger partial charge on any atom is 0.220 e. The SMILES string of the molecule is CC1=C(O)C(=O)C=C2C1=CC=C1[C@@]2(C)CC[C@@]2(C)[C@H]3C[C@@H](C)C(=O)[C@@H](O)[C@]3(C)CC[C@]12C. The Hall–Kier alpha value is -1.94. The van der Waals surface area contributed by atoms with Crippen LogP contribution >= 0.6 is 0 Å². The second-order valence-corrected chi connectivity index (χ2v) is 12.1. The molecule has 0 amide bonds. The lowest BCUT2D eigenvalue weighted by molar-refractivity contribution is -0.192. The molecule has 172 valence electrons. The van der Waals surface area contributed by atoms with E-state index in [1.807, 2.05) is 13.8 Å². The van der Waals surface area contributed by atoms with Crippen molar-refractivity contribution in [2.45, 2.75) is 79.8 Å². The summed E-state index contributed by atoms with van der Waals surface area (Å²) in [7, 11) is 0. The lowest BCUT2D eigenvalue weighted by Gasteiger charge is -2.69. The Morgan fingerprint density at radius 2 is 1.69 bits per heavy atom. The molecule has 0 spiro atoms. The van der Waals surface area contributed by atoms with E-state index >= 15 is 0 Å². The second-order valence-electron chi connectivity index (χ2n) is 12.1. The monoisotopic (exact) mass is 436 g/mol. The molecule has 0 aliphatic heterocycles. The van der Waals surface area contributed by atoms with Crippen LogP contribution in [0.15, 0.2) is 46.3 Å². The molecule has 0 saturated heterocycles. The quantitative estimate of drug-likeness (QED) is 0.534. The van der Waals surface area contributed by atoms with Gasteiger partial charge in [-0.15, -0.1) is 0 Å². The van der Waals surface area contributed by atoms with Crippen LogP contribution in [-0.4, -0.2) is 27.9 Å². The van der Waals surface area contributed by atoms with Gasteiger partial charge in [-0.2, -0.15) is 0 Å². The Balaban J connectivity index is 1.66. The van der Waals surface area contributed by atoms with Gasteiger partial charge in [0.2, 0.25) is 5.78 Å². The van der Waals surface area contributed by atoms with Gasteiger partial charge in [-0.25, -0.2) is 0 Å². The summed E-state index contributed by atoms with van der Waals surface area (Å²) in [6, 6.07) is 0. The largest absolute Gasteiger partial charge is 0.504 e. The van der Waals surface area contributed by atoms with Crippen molar-refractivity contribution >= 4 is 11.6 Å². The molecule has 0 unspecified atom stereocenters. The van der Waals surface area contributed by atoms with Gasteiger partial charge in [-0.1, -0.05) is 52.3 Å². The molecule has 3 fully saturated rings. The van der Waals surface area contributed by atoms with Crippen molar-refractivity contribution in [3.63, 3.8) is 0 Å². The Bertz CT molecular complexity index is 1070. The van der Waals surface area contributed by atoms with Gasteiger partial charge in [0.1, 0.15) is 6.10 Å². The van der Waals surface area contributed by atoms with Crippen LogP contribution in [0.4, 0.5) is 0 Å². The highest BCUT2D eigenvalue weighted by molar-refractivity contribution is 6.06. The predicted octanol–water partition coefficient (Wildman–Crippen LogP) is 5.39. The van der Waals surface area contributed by atoms with Crippen molar-refractivity contribution in [3.8, 4) is 0 Å². The molecule has 4 nitrogen and oxygen atoms in total. The zero-order valence-electron chi connectivity index (χ0n) is 20.2. The van der Waals surface area contributed by atoms with E-state index in [1.165, 1.54) is 5.57 Å². The van der Waals surface area contributed by atoms with Crippen LogP contribution < -0.4 is 0 Å². The van der Waals surface area contributed by atoms with Crippen LogP contribution in [0.25, 0.3) is 0 Å². The van der Waals surface area contributed by atoms with E-state index < -0.39 is 6.10 Å². The zero-order chi connectivity index (χ0) is 23.4. The van der Waals surface area contributed by atoms with Crippen molar-refractivity contribution in [3.05, 3.63) is 46.3 Å². The first-order chi connectivity index (χ1) is 14.8. The first-order valence-electron chi connectivity index (χ1n) is 12.1. The molecular weight excluding hydrogens is 400 g/mol. The summed E-state index contributed by atoms with van der Waals surface area (Å²) in [6.07, 6.45) is 9.60. The molecule has 7 atom stereocenters. The van der Waals surface area contributed by atoms with Crippen LogP contribution in [0.5, 0.6) is 0 Å². The fourth-order valence-electron chi connectivity index (χ4n) is 8.44. The fraction of sp³-hybridized carbons (Fsp3) is 0.643. The van der Waals surface area contributed by atoms with Gasteiger partial charge < -0.3 is 10.2 Å². The summed E-state index contributed by atoms with van der Waals surface area (Å²) in [5.41, 5.74) is 3.29. The molecular formula is C28H36O4. The molecule has 32 heavy (non-hydrogen) atoms. The Kier molecular flexibility index (Phi) is 4.34. The third-order valence-electron chi connectivity index (χ3n) is 10.9. The molecule has 2 N–H and O–H groups in total. The zero-order valence-corrected chi connectivity index (χ0v) is 20.2. The molecule has 5 rings (SSSR count). The number of aliphatic hydroxyl groups excluding tert-OH is 2. The minimum Gasteiger partial charge on any atom is -0.504 e. The molecule has 3 saturated carbocycles. The maximum atomic E-state index is 12.7. The number of hydrogen-bond donors (Lipinski definition) is 2. The van der Waals surface area contributed by atoms with E-state index in [1.54, 1.807) is 6.08 Å². The van der Waals surface area contributed by atoms with Gasteiger partial charge in [0.05, 0.1) is 0 Å². The third kappa shape index (κ3) is 2.32. The molecule has 0 aromatic heterocycles. The highest BCUT2D eigenvalue weighted by Gasteiger charge is 2.68. The van der Waals surface area contributed by atoms with Gasteiger partial charge in [0.25, 0.3) is 0 Å². The maximum absolute atomic E-state index is 12.7. The third-order valence-corrected chi connectivity index (χ3v) is 10.9. The number of allylic oxidation sites excluding steroid dienone is 7. The standard InChI is InChI=1S/C28H36O4/c1-15-13-21-26(4,24(32)22(15)30)10-12-27(5)20-8-7-17-16(2)23(31)19(29)14-18(17)25(20,3)9-11-28(21,27)6/h7-8,14-15,21,24,31-32H,9-13H2,1-6H3/t15-,21+,24-,25+,26-,27-,28+/m1/s1. The van der Waals surface area contributed by atoms with Crippen LogP contribution in [0.2, 0.25) is 0 Å². The van der Waals surface area contributed by atoms with Crippen molar-refractivity contribution in [2.75, 3.05) is 0 Å². The van der Waals surface area contributed by atoms with Gasteiger partial charge >= 0.3 is 0 Å². The molecule has 0 aromatic rings. The van der Waals surface area contributed by atoms with Crippen LogP contribution in [0, 0.1) is 33.5 Å². The molecule has 0 bridgehead atoms. The molecule has 0 aromatic carbocycles. The smallest absolute Gasteiger partial charge is 0.220 e.